The second kappa shape index (κ2) is 6.34. The normalized spacial score (nSPS) is 10.2. The van der Waals surface area contributed by atoms with Gasteiger partial charge in [-0.3, -0.25) is 0 Å². The molecule has 0 aliphatic rings. The first-order valence-electron chi connectivity index (χ1n) is 4.42. The Morgan fingerprint density at radius 3 is 2.80 bits per heavy atom. The van der Waals surface area contributed by atoms with Crippen LogP contribution in [0.1, 0.15) is 5.56 Å². The molecular weight excluding hydrogens is 231 g/mol. The smallest absolute Gasteiger partial charge is 0.0992 e. The number of alkyl halides is 1. The van der Waals surface area contributed by atoms with Crippen LogP contribution in [-0.4, -0.2) is 12.4 Å². The van der Waals surface area contributed by atoms with E-state index in [0.29, 0.717) is 23.0 Å². The highest BCUT2D eigenvalue weighted by molar-refractivity contribution is 6.33. The van der Waals surface area contributed by atoms with Gasteiger partial charge in [0.05, 0.1) is 22.3 Å². The highest BCUT2D eigenvalue weighted by Crippen LogP contribution is 2.22. The van der Waals surface area contributed by atoms with E-state index >= 15 is 0 Å². The Morgan fingerprint density at radius 2 is 2.20 bits per heavy atom. The zero-order chi connectivity index (χ0) is 11.1. The molecule has 1 rings (SSSR count). The molecule has 15 heavy (non-hydrogen) atoms. The SMILES string of the molecule is N#Cc1ccc(NC/C=C/CCl)c(Cl)c1. The Labute approximate surface area is 99.1 Å². The van der Waals surface area contributed by atoms with Crippen LogP contribution in [0.2, 0.25) is 5.02 Å². The number of nitriles is 1. The number of allylic oxidation sites excluding steroid dienone is 1. The van der Waals surface area contributed by atoms with Crippen LogP contribution in [0.4, 0.5) is 5.69 Å². The van der Waals surface area contributed by atoms with Gasteiger partial charge < -0.3 is 5.32 Å². The van der Waals surface area contributed by atoms with Gasteiger partial charge in [-0.25, -0.2) is 0 Å². The van der Waals surface area contributed by atoms with E-state index in [-0.39, 0.29) is 0 Å². The third-order valence-electron chi connectivity index (χ3n) is 1.76. The van der Waals surface area contributed by atoms with Crippen LogP contribution < -0.4 is 5.32 Å². The van der Waals surface area contributed by atoms with Gasteiger partial charge in [0.25, 0.3) is 0 Å². The molecule has 78 valence electrons. The Kier molecular flexibility index (Phi) is 5.03. The van der Waals surface area contributed by atoms with Crippen molar-refractivity contribution in [3.8, 4) is 6.07 Å². The van der Waals surface area contributed by atoms with Gasteiger partial charge >= 0.3 is 0 Å². The van der Waals surface area contributed by atoms with Crippen molar-refractivity contribution in [1.82, 2.24) is 0 Å². The summed E-state index contributed by atoms with van der Waals surface area (Å²) in [5, 5.41) is 12.3. The van der Waals surface area contributed by atoms with Crippen molar-refractivity contribution in [1.29, 1.82) is 5.26 Å². The van der Waals surface area contributed by atoms with Crippen molar-refractivity contribution in [2.45, 2.75) is 0 Å². The second-order valence-corrected chi connectivity index (χ2v) is 3.53. The predicted octanol–water partition coefficient (Wildman–Crippen LogP) is 3.42. The van der Waals surface area contributed by atoms with Gasteiger partial charge in [0.1, 0.15) is 0 Å². The third-order valence-corrected chi connectivity index (χ3v) is 2.26. The Morgan fingerprint density at radius 1 is 1.40 bits per heavy atom. The first kappa shape index (κ1) is 11.9. The van der Waals surface area contributed by atoms with E-state index in [2.05, 4.69) is 5.32 Å². The minimum absolute atomic E-state index is 0.503. The summed E-state index contributed by atoms with van der Waals surface area (Å²) in [5.74, 6) is 0.503. The molecule has 0 saturated heterocycles. The van der Waals surface area contributed by atoms with Gasteiger partial charge in [0, 0.05) is 12.4 Å². The maximum absolute atomic E-state index is 8.64. The van der Waals surface area contributed by atoms with Gasteiger partial charge in [-0.05, 0) is 18.2 Å². The molecule has 0 heterocycles. The highest BCUT2D eigenvalue weighted by Gasteiger charge is 1.99. The number of anilines is 1. The predicted molar refractivity (Wildman–Crippen MR) is 64.5 cm³/mol. The van der Waals surface area contributed by atoms with Crippen molar-refractivity contribution >= 4 is 28.9 Å². The fourth-order valence-corrected chi connectivity index (χ4v) is 1.42. The van der Waals surface area contributed by atoms with Crippen LogP contribution in [0.5, 0.6) is 0 Å². The van der Waals surface area contributed by atoms with Crippen LogP contribution in [0, 0.1) is 11.3 Å². The topological polar surface area (TPSA) is 35.8 Å². The van der Waals surface area contributed by atoms with Crippen molar-refractivity contribution < 1.29 is 0 Å². The molecular formula is C11H10Cl2N2. The van der Waals surface area contributed by atoms with Gasteiger partial charge in [-0.1, -0.05) is 23.8 Å². The van der Waals surface area contributed by atoms with Crippen molar-refractivity contribution in [3.63, 3.8) is 0 Å². The Hall–Kier alpha value is -1.17. The molecule has 0 bridgehead atoms. The molecule has 0 radical (unpaired) electrons. The molecule has 0 aliphatic heterocycles. The van der Waals surface area contributed by atoms with Gasteiger partial charge in [-0.15, -0.1) is 11.6 Å². The Bertz CT molecular complexity index is 394. The van der Waals surface area contributed by atoms with Crippen LogP contribution in [0.25, 0.3) is 0 Å². The quantitative estimate of drug-likeness (QED) is 0.647. The summed E-state index contributed by atoms with van der Waals surface area (Å²) in [6, 6.07) is 7.17. The van der Waals surface area contributed by atoms with E-state index in [4.69, 9.17) is 28.5 Å². The van der Waals surface area contributed by atoms with Gasteiger partial charge in [0.15, 0.2) is 0 Å². The number of hydrogen-bond donors (Lipinski definition) is 1. The lowest BCUT2D eigenvalue weighted by Gasteiger charge is -2.05. The van der Waals surface area contributed by atoms with E-state index in [0.717, 1.165) is 5.69 Å². The standard InChI is InChI=1S/C11H10Cl2N2/c12-5-1-2-6-15-11-4-3-9(8-14)7-10(11)13/h1-4,7,15H,5-6H2/b2-1+. The average Bonchev–Trinajstić information content (AvgIpc) is 2.26. The highest BCUT2D eigenvalue weighted by atomic mass is 35.5. The monoisotopic (exact) mass is 240 g/mol. The first-order chi connectivity index (χ1) is 7.27. The summed E-state index contributed by atoms with van der Waals surface area (Å²) in [6.45, 7) is 0.665. The first-order valence-corrected chi connectivity index (χ1v) is 5.33. The third kappa shape index (κ3) is 3.83. The number of nitrogens with one attached hydrogen (secondary N) is 1. The molecule has 0 saturated carbocycles. The van der Waals surface area contributed by atoms with Gasteiger partial charge in [-0.2, -0.15) is 5.26 Å². The maximum atomic E-state index is 8.64. The number of benzene rings is 1. The molecule has 0 aliphatic carbocycles. The molecule has 0 amide bonds. The lowest BCUT2D eigenvalue weighted by atomic mass is 10.2. The average molecular weight is 241 g/mol. The summed E-state index contributed by atoms with van der Waals surface area (Å²) in [6.07, 6.45) is 3.77. The number of halogens is 2. The van der Waals surface area contributed by atoms with Crippen molar-refractivity contribution in [2.75, 3.05) is 17.7 Å². The zero-order valence-electron chi connectivity index (χ0n) is 8.00. The molecule has 2 nitrogen and oxygen atoms in total. The summed E-state index contributed by atoms with van der Waals surface area (Å²) in [5.41, 5.74) is 1.37. The number of rotatable bonds is 4. The lowest BCUT2D eigenvalue weighted by Crippen LogP contribution is -1.98. The van der Waals surface area contributed by atoms with E-state index in [1.165, 1.54) is 0 Å². The maximum Gasteiger partial charge on any atom is 0.0992 e. The summed E-state index contributed by atoms with van der Waals surface area (Å²) < 4.78 is 0. The number of nitrogens with zero attached hydrogens (tertiary/aromatic N) is 1. The summed E-state index contributed by atoms with van der Waals surface area (Å²) in [4.78, 5) is 0. The van der Waals surface area contributed by atoms with E-state index < -0.39 is 0 Å². The van der Waals surface area contributed by atoms with Crippen LogP contribution in [-0.2, 0) is 0 Å². The van der Waals surface area contributed by atoms with Crippen molar-refractivity contribution in [2.24, 2.45) is 0 Å². The second-order valence-electron chi connectivity index (χ2n) is 2.81. The molecule has 0 aromatic heterocycles. The largest absolute Gasteiger partial charge is 0.380 e. The zero-order valence-corrected chi connectivity index (χ0v) is 9.52. The molecule has 0 fully saturated rings. The minimum Gasteiger partial charge on any atom is -0.380 e. The fraction of sp³-hybridized carbons (Fsp3) is 0.182. The molecule has 0 spiro atoms. The van der Waals surface area contributed by atoms with Crippen LogP contribution in [0.3, 0.4) is 0 Å². The van der Waals surface area contributed by atoms with Gasteiger partial charge in [0.2, 0.25) is 0 Å². The van der Waals surface area contributed by atoms with Crippen molar-refractivity contribution in [3.05, 3.63) is 40.9 Å². The summed E-state index contributed by atoms with van der Waals surface area (Å²) in [7, 11) is 0. The molecule has 1 aromatic carbocycles. The van der Waals surface area contributed by atoms with Crippen LogP contribution in [0.15, 0.2) is 30.4 Å². The van der Waals surface area contributed by atoms with Crippen LogP contribution >= 0.6 is 23.2 Å². The lowest BCUT2D eigenvalue weighted by molar-refractivity contribution is 1.32. The number of hydrogen-bond acceptors (Lipinski definition) is 2. The van der Waals surface area contributed by atoms with E-state index in [1.54, 1.807) is 18.2 Å². The molecule has 1 N–H and O–H groups in total. The Balaban J connectivity index is 2.63. The molecule has 0 unspecified atom stereocenters. The van der Waals surface area contributed by atoms with E-state index in [1.807, 2.05) is 18.2 Å². The molecule has 4 heteroatoms. The fourth-order valence-electron chi connectivity index (χ4n) is 1.04. The molecule has 0 atom stereocenters. The summed E-state index contributed by atoms with van der Waals surface area (Å²) >= 11 is 11.4. The van der Waals surface area contributed by atoms with E-state index in [9.17, 15) is 0 Å². The minimum atomic E-state index is 0.503. The molecule has 1 aromatic rings.